The second-order valence-corrected chi connectivity index (χ2v) is 4.58. The van der Waals surface area contributed by atoms with Gasteiger partial charge < -0.3 is 0 Å². The summed E-state index contributed by atoms with van der Waals surface area (Å²) >= 11 is 11.9. The number of hydrogen-bond donors (Lipinski definition) is 0. The van der Waals surface area contributed by atoms with Crippen molar-refractivity contribution in [1.29, 1.82) is 0 Å². The first-order valence-corrected chi connectivity index (χ1v) is 6.30. The Labute approximate surface area is 119 Å². The lowest BCUT2D eigenvalue weighted by Crippen LogP contribution is -1.99. The fourth-order valence-electron chi connectivity index (χ4n) is 1.81. The fraction of sp³-hybridized carbons (Fsp3) is 0. The van der Waals surface area contributed by atoms with Crippen molar-refractivity contribution < 1.29 is 0 Å². The maximum Gasteiger partial charge on any atom is 0.161 e. The molecule has 0 radical (unpaired) electrons. The number of hydrogen-bond acceptors (Lipinski definition) is 3. The zero-order valence-corrected chi connectivity index (χ0v) is 11.2. The van der Waals surface area contributed by atoms with Crippen LogP contribution in [0, 0.1) is 0 Å². The zero-order chi connectivity index (χ0) is 13.2. The predicted molar refractivity (Wildman–Crippen MR) is 74.6 cm³/mol. The van der Waals surface area contributed by atoms with Crippen LogP contribution in [0.2, 0.25) is 10.3 Å². The molecule has 0 spiro atoms. The molecule has 0 aliphatic rings. The van der Waals surface area contributed by atoms with Gasteiger partial charge in [0.2, 0.25) is 0 Å². The number of halogens is 2. The molecule has 0 amide bonds. The molecule has 2 aromatic heterocycles. The van der Waals surface area contributed by atoms with Crippen LogP contribution in [-0.2, 0) is 0 Å². The number of para-hydroxylation sites is 1. The molecule has 0 unspecified atom stereocenters. The Morgan fingerprint density at radius 3 is 2.53 bits per heavy atom. The minimum atomic E-state index is 0.292. The first-order valence-electron chi connectivity index (χ1n) is 5.54. The second-order valence-electron chi connectivity index (χ2n) is 3.84. The second kappa shape index (κ2) is 4.99. The average Bonchev–Trinajstić information content (AvgIpc) is 2.91. The molecule has 94 valence electrons. The topological polar surface area (TPSA) is 43.6 Å². The quantitative estimate of drug-likeness (QED) is 0.724. The molecular formula is C13H8Cl2N4. The van der Waals surface area contributed by atoms with E-state index in [0.717, 1.165) is 11.4 Å². The van der Waals surface area contributed by atoms with Gasteiger partial charge in [0.05, 0.1) is 17.6 Å². The van der Waals surface area contributed by atoms with Crippen molar-refractivity contribution in [3.63, 3.8) is 0 Å². The van der Waals surface area contributed by atoms with Crippen LogP contribution in [0.4, 0.5) is 0 Å². The van der Waals surface area contributed by atoms with Crippen LogP contribution in [0.1, 0.15) is 0 Å². The molecule has 6 heteroatoms. The van der Waals surface area contributed by atoms with Gasteiger partial charge in [-0.3, -0.25) is 0 Å². The number of aromatic nitrogens is 4. The van der Waals surface area contributed by atoms with E-state index in [-0.39, 0.29) is 0 Å². The summed E-state index contributed by atoms with van der Waals surface area (Å²) in [5, 5.41) is 12.4. The highest BCUT2D eigenvalue weighted by Crippen LogP contribution is 2.28. The molecule has 0 fully saturated rings. The summed E-state index contributed by atoms with van der Waals surface area (Å²) in [5.74, 6) is 0. The van der Waals surface area contributed by atoms with Crippen LogP contribution in [0.25, 0.3) is 16.9 Å². The van der Waals surface area contributed by atoms with Crippen molar-refractivity contribution in [2.24, 2.45) is 0 Å². The number of rotatable bonds is 2. The Kier molecular flexibility index (Phi) is 3.19. The minimum absolute atomic E-state index is 0.292. The van der Waals surface area contributed by atoms with Gasteiger partial charge in [0, 0.05) is 5.56 Å². The Morgan fingerprint density at radius 2 is 1.74 bits per heavy atom. The highest BCUT2D eigenvalue weighted by atomic mass is 35.5. The van der Waals surface area contributed by atoms with Crippen LogP contribution >= 0.6 is 23.2 Å². The molecule has 3 aromatic rings. The SMILES string of the molecule is Clc1cc(-c2ccnn2-c2ccccc2)c(Cl)nn1. The van der Waals surface area contributed by atoms with Crippen molar-refractivity contribution in [2.45, 2.75) is 0 Å². The molecule has 3 rings (SSSR count). The largest absolute Gasteiger partial charge is 0.233 e. The zero-order valence-electron chi connectivity index (χ0n) is 9.66. The fourth-order valence-corrected chi connectivity index (χ4v) is 2.15. The van der Waals surface area contributed by atoms with Gasteiger partial charge in [-0.25, -0.2) is 4.68 Å². The van der Waals surface area contributed by atoms with E-state index in [1.807, 2.05) is 36.4 Å². The molecule has 0 N–H and O–H groups in total. The van der Waals surface area contributed by atoms with E-state index in [2.05, 4.69) is 15.3 Å². The molecule has 0 saturated carbocycles. The first-order chi connectivity index (χ1) is 9.25. The van der Waals surface area contributed by atoms with Gasteiger partial charge >= 0.3 is 0 Å². The summed E-state index contributed by atoms with van der Waals surface area (Å²) < 4.78 is 1.78. The summed E-state index contributed by atoms with van der Waals surface area (Å²) in [4.78, 5) is 0. The van der Waals surface area contributed by atoms with E-state index in [1.54, 1.807) is 16.9 Å². The summed E-state index contributed by atoms with van der Waals surface area (Å²) in [6, 6.07) is 13.3. The molecule has 0 aliphatic carbocycles. The Hall–Kier alpha value is -1.91. The number of benzene rings is 1. The van der Waals surface area contributed by atoms with Crippen molar-refractivity contribution in [3.8, 4) is 16.9 Å². The normalized spacial score (nSPS) is 10.6. The highest BCUT2D eigenvalue weighted by Gasteiger charge is 2.12. The third kappa shape index (κ3) is 2.32. The summed E-state index contributed by atoms with van der Waals surface area (Å²) in [7, 11) is 0. The lowest BCUT2D eigenvalue weighted by atomic mass is 10.2. The van der Waals surface area contributed by atoms with E-state index >= 15 is 0 Å². The average molecular weight is 291 g/mol. The number of nitrogens with zero attached hydrogens (tertiary/aromatic N) is 4. The van der Waals surface area contributed by atoms with E-state index < -0.39 is 0 Å². The molecule has 0 atom stereocenters. The third-order valence-corrected chi connectivity index (χ3v) is 3.10. The Bertz CT molecular complexity index is 710. The van der Waals surface area contributed by atoms with Crippen LogP contribution < -0.4 is 0 Å². The molecule has 4 nitrogen and oxygen atoms in total. The predicted octanol–water partition coefficient (Wildman–Crippen LogP) is 3.64. The standard InChI is InChI=1S/C13H8Cl2N4/c14-12-8-10(13(15)18-17-12)11-6-7-16-19(11)9-4-2-1-3-5-9/h1-8H. The summed E-state index contributed by atoms with van der Waals surface area (Å²) in [6.07, 6.45) is 1.70. The summed E-state index contributed by atoms with van der Waals surface area (Å²) in [6.45, 7) is 0. The Balaban J connectivity index is 2.18. The van der Waals surface area contributed by atoms with Gasteiger partial charge in [-0.1, -0.05) is 41.4 Å². The lowest BCUT2D eigenvalue weighted by molar-refractivity contribution is 0.885. The maximum absolute atomic E-state index is 6.07. The van der Waals surface area contributed by atoms with Crippen LogP contribution in [0.3, 0.4) is 0 Å². The van der Waals surface area contributed by atoms with Gasteiger partial charge in [0.1, 0.15) is 0 Å². The van der Waals surface area contributed by atoms with E-state index in [0.29, 0.717) is 15.9 Å². The van der Waals surface area contributed by atoms with E-state index in [9.17, 15) is 0 Å². The van der Waals surface area contributed by atoms with Crippen LogP contribution in [-0.4, -0.2) is 20.0 Å². The molecule has 1 aromatic carbocycles. The molecule has 0 saturated heterocycles. The smallest absolute Gasteiger partial charge is 0.161 e. The van der Waals surface area contributed by atoms with Gasteiger partial charge in [-0.2, -0.15) is 5.10 Å². The first kappa shape index (κ1) is 12.1. The van der Waals surface area contributed by atoms with Gasteiger partial charge in [-0.05, 0) is 24.3 Å². The lowest BCUT2D eigenvalue weighted by Gasteiger charge is -2.08. The monoisotopic (exact) mass is 290 g/mol. The van der Waals surface area contributed by atoms with Crippen molar-refractivity contribution in [1.82, 2.24) is 20.0 Å². The Morgan fingerprint density at radius 1 is 0.947 bits per heavy atom. The molecular weight excluding hydrogens is 283 g/mol. The van der Waals surface area contributed by atoms with Crippen molar-refractivity contribution in [2.75, 3.05) is 0 Å². The molecule has 0 bridgehead atoms. The maximum atomic E-state index is 6.07. The van der Waals surface area contributed by atoms with Crippen molar-refractivity contribution >= 4 is 23.2 Å². The van der Waals surface area contributed by atoms with Crippen molar-refractivity contribution in [3.05, 3.63) is 59.0 Å². The molecule has 0 aliphatic heterocycles. The van der Waals surface area contributed by atoms with Gasteiger partial charge in [-0.15, -0.1) is 10.2 Å². The molecule has 19 heavy (non-hydrogen) atoms. The van der Waals surface area contributed by atoms with E-state index in [4.69, 9.17) is 23.2 Å². The summed E-state index contributed by atoms with van der Waals surface area (Å²) in [5.41, 5.74) is 2.45. The van der Waals surface area contributed by atoms with Crippen LogP contribution in [0.15, 0.2) is 48.7 Å². The minimum Gasteiger partial charge on any atom is -0.233 e. The van der Waals surface area contributed by atoms with Gasteiger partial charge in [0.15, 0.2) is 10.3 Å². The van der Waals surface area contributed by atoms with Crippen LogP contribution in [0.5, 0.6) is 0 Å². The van der Waals surface area contributed by atoms with Gasteiger partial charge in [0.25, 0.3) is 0 Å². The van der Waals surface area contributed by atoms with E-state index in [1.165, 1.54) is 0 Å². The highest BCUT2D eigenvalue weighted by molar-refractivity contribution is 6.33. The third-order valence-electron chi connectivity index (χ3n) is 2.64. The molecule has 2 heterocycles.